The van der Waals surface area contributed by atoms with E-state index in [9.17, 15) is 0 Å². The molecule has 0 saturated heterocycles. The summed E-state index contributed by atoms with van der Waals surface area (Å²) in [5.41, 5.74) is 1.70. The second kappa shape index (κ2) is 6.07. The van der Waals surface area contributed by atoms with Crippen LogP contribution in [0.15, 0.2) is 22.7 Å². The van der Waals surface area contributed by atoms with Gasteiger partial charge in [0.15, 0.2) is 5.82 Å². The zero-order valence-corrected chi connectivity index (χ0v) is 13.6. The minimum absolute atomic E-state index is 0.541. The summed E-state index contributed by atoms with van der Waals surface area (Å²) in [4.78, 5) is 9.00. The molecule has 1 heterocycles. The van der Waals surface area contributed by atoms with Gasteiger partial charge in [-0.2, -0.15) is 0 Å². The molecule has 0 aliphatic carbocycles. The average Bonchev–Trinajstić information content (AvgIpc) is 2.39. The highest BCUT2D eigenvalue weighted by Gasteiger charge is 2.13. The monoisotopic (exact) mass is 359 g/mol. The molecule has 19 heavy (non-hydrogen) atoms. The second-order valence-electron chi connectivity index (χ2n) is 3.88. The number of aryl methyl sites for hydroxylation is 1. The number of halogens is 3. The number of anilines is 1. The van der Waals surface area contributed by atoms with Crippen molar-refractivity contribution in [2.24, 2.45) is 0 Å². The number of hydrogen-bond acceptors (Lipinski definition) is 3. The molecule has 0 radical (unpaired) electrons. The topological polar surface area (TPSA) is 37.8 Å². The number of aromatic nitrogens is 2. The first-order valence-corrected chi connectivity index (χ1v) is 7.31. The summed E-state index contributed by atoms with van der Waals surface area (Å²) in [6.07, 6.45) is 0.802. The van der Waals surface area contributed by atoms with E-state index >= 15 is 0 Å². The van der Waals surface area contributed by atoms with E-state index in [0.29, 0.717) is 15.9 Å². The quantitative estimate of drug-likeness (QED) is 0.852. The number of hydrogen-bond donors (Lipinski definition) is 1. The van der Waals surface area contributed by atoms with Gasteiger partial charge in [-0.1, -0.05) is 30.1 Å². The maximum absolute atomic E-state index is 6.20. The zero-order chi connectivity index (χ0) is 14.0. The zero-order valence-electron chi connectivity index (χ0n) is 10.5. The van der Waals surface area contributed by atoms with Gasteiger partial charge >= 0.3 is 0 Å². The van der Waals surface area contributed by atoms with Crippen molar-refractivity contribution in [3.63, 3.8) is 0 Å². The minimum Gasteiger partial charge on any atom is -0.372 e. The molecule has 6 heteroatoms. The van der Waals surface area contributed by atoms with Crippen LogP contribution in [0.4, 0.5) is 5.82 Å². The molecular formula is C13H12BrCl2N3. The average molecular weight is 361 g/mol. The Hall–Kier alpha value is -0.840. The SMILES string of the molecule is CCc1nc(-c2ccc(Cl)cc2Cl)nc(NC)c1Br. The van der Waals surface area contributed by atoms with Crippen molar-refractivity contribution in [2.75, 3.05) is 12.4 Å². The predicted molar refractivity (Wildman–Crippen MR) is 84.1 cm³/mol. The lowest BCUT2D eigenvalue weighted by Gasteiger charge is -2.11. The second-order valence-corrected chi connectivity index (χ2v) is 5.52. The summed E-state index contributed by atoms with van der Waals surface area (Å²) < 4.78 is 0.881. The lowest BCUT2D eigenvalue weighted by atomic mass is 10.2. The van der Waals surface area contributed by atoms with E-state index in [1.54, 1.807) is 12.1 Å². The molecule has 1 aromatic heterocycles. The summed E-state index contributed by atoms with van der Waals surface area (Å²) >= 11 is 15.6. The number of nitrogens with zero attached hydrogens (tertiary/aromatic N) is 2. The molecule has 1 N–H and O–H groups in total. The molecule has 0 bridgehead atoms. The van der Waals surface area contributed by atoms with Crippen molar-refractivity contribution in [1.29, 1.82) is 0 Å². The summed E-state index contributed by atoms with van der Waals surface area (Å²) in [6.45, 7) is 2.04. The van der Waals surface area contributed by atoms with Gasteiger partial charge in [0.25, 0.3) is 0 Å². The van der Waals surface area contributed by atoms with Crippen LogP contribution in [-0.4, -0.2) is 17.0 Å². The number of benzene rings is 1. The van der Waals surface area contributed by atoms with Crippen molar-refractivity contribution in [3.05, 3.63) is 38.4 Å². The first kappa shape index (κ1) is 14.6. The van der Waals surface area contributed by atoms with Gasteiger partial charge in [0.05, 0.1) is 15.2 Å². The van der Waals surface area contributed by atoms with Crippen molar-refractivity contribution in [2.45, 2.75) is 13.3 Å². The van der Waals surface area contributed by atoms with E-state index in [4.69, 9.17) is 23.2 Å². The smallest absolute Gasteiger partial charge is 0.163 e. The van der Waals surface area contributed by atoms with E-state index in [0.717, 1.165) is 28.0 Å². The van der Waals surface area contributed by atoms with Gasteiger partial charge in [-0.25, -0.2) is 9.97 Å². The Morgan fingerprint density at radius 1 is 1.26 bits per heavy atom. The molecule has 0 amide bonds. The molecule has 2 rings (SSSR count). The Morgan fingerprint density at radius 2 is 2.00 bits per heavy atom. The van der Waals surface area contributed by atoms with Crippen LogP contribution in [0.5, 0.6) is 0 Å². The maximum atomic E-state index is 6.20. The Morgan fingerprint density at radius 3 is 2.58 bits per heavy atom. The largest absolute Gasteiger partial charge is 0.372 e. The first-order chi connectivity index (χ1) is 9.06. The van der Waals surface area contributed by atoms with E-state index in [1.807, 2.05) is 20.0 Å². The normalized spacial score (nSPS) is 10.6. The van der Waals surface area contributed by atoms with Crippen LogP contribution >= 0.6 is 39.1 Å². The lowest BCUT2D eigenvalue weighted by Crippen LogP contribution is -2.02. The third-order valence-corrected chi connectivity index (χ3v) is 4.04. The molecule has 0 aliphatic rings. The molecular weight excluding hydrogens is 349 g/mol. The van der Waals surface area contributed by atoms with Gasteiger partial charge in [0.2, 0.25) is 0 Å². The number of rotatable bonds is 3. The highest BCUT2D eigenvalue weighted by molar-refractivity contribution is 9.10. The molecule has 1 aromatic carbocycles. The van der Waals surface area contributed by atoms with Crippen molar-refractivity contribution >= 4 is 44.9 Å². The van der Waals surface area contributed by atoms with E-state index < -0.39 is 0 Å². The Balaban J connectivity index is 2.62. The van der Waals surface area contributed by atoms with Gasteiger partial charge in [-0.3, -0.25) is 0 Å². The number of nitrogens with one attached hydrogen (secondary N) is 1. The fourth-order valence-corrected chi connectivity index (χ4v) is 2.83. The molecule has 0 unspecified atom stereocenters. The van der Waals surface area contributed by atoms with E-state index in [2.05, 4.69) is 31.2 Å². The summed E-state index contributed by atoms with van der Waals surface area (Å²) in [5.74, 6) is 1.33. The molecule has 0 aliphatic heterocycles. The van der Waals surface area contributed by atoms with Gasteiger partial charge in [-0.15, -0.1) is 0 Å². The fourth-order valence-electron chi connectivity index (χ4n) is 1.68. The molecule has 3 nitrogen and oxygen atoms in total. The first-order valence-electron chi connectivity index (χ1n) is 5.76. The van der Waals surface area contributed by atoms with Gasteiger partial charge in [-0.05, 0) is 40.5 Å². The summed E-state index contributed by atoms with van der Waals surface area (Å²) in [6, 6.07) is 5.29. The van der Waals surface area contributed by atoms with Crippen LogP contribution in [0.25, 0.3) is 11.4 Å². The molecule has 0 fully saturated rings. The summed E-state index contributed by atoms with van der Waals surface area (Å²) in [5, 5.41) is 4.18. The minimum atomic E-state index is 0.541. The van der Waals surface area contributed by atoms with E-state index in [-0.39, 0.29) is 0 Å². The highest BCUT2D eigenvalue weighted by atomic mass is 79.9. The van der Waals surface area contributed by atoms with Crippen LogP contribution in [0, 0.1) is 0 Å². The van der Waals surface area contributed by atoms with Crippen LogP contribution in [0.2, 0.25) is 10.0 Å². The van der Waals surface area contributed by atoms with Crippen LogP contribution in [0.3, 0.4) is 0 Å². The Kier molecular flexibility index (Phi) is 4.66. The standard InChI is InChI=1S/C13H12BrCl2N3/c1-3-10-11(14)13(17-2)19-12(18-10)8-5-4-7(15)6-9(8)16/h4-6H,3H2,1-2H3,(H,17,18,19). The highest BCUT2D eigenvalue weighted by Crippen LogP contribution is 2.32. The van der Waals surface area contributed by atoms with Gasteiger partial charge in [0.1, 0.15) is 5.82 Å². The van der Waals surface area contributed by atoms with Crippen molar-refractivity contribution in [1.82, 2.24) is 9.97 Å². The summed E-state index contributed by atoms with van der Waals surface area (Å²) in [7, 11) is 1.82. The molecule has 0 spiro atoms. The molecule has 100 valence electrons. The maximum Gasteiger partial charge on any atom is 0.163 e. The van der Waals surface area contributed by atoms with Crippen LogP contribution in [0.1, 0.15) is 12.6 Å². The Labute approximate surface area is 130 Å². The third kappa shape index (κ3) is 3.02. The van der Waals surface area contributed by atoms with Crippen LogP contribution < -0.4 is 5.32 Å². The third-order valence-electron chi connectivity index (χ3n) is 2.66. The fraction of sp³-hybridized carbons (Fsp3) is 0.231. The lowest BCUT2D eigenvalue weighted by molar-refractivity contribution is 0.991. The molecule has 2 aromatic rings. The molecule has 0 saturated carbocycles. The predicted octanol–water partition coefficient (Wildman–Crippen LogP) is 4.82. The Bertz CT molecular complexity index is 592. The van der Waals surface area contributed by atoms with Gasteiger partial charge in [0, 0.05) is 17.6 Å². The molecule has 0 atom stereocenters. The van der Waals surface area contributed by atoms with Crippen LogP contribution in [-0.2, 0) is 6.42 Å². The van der Waals surface area contributed by atoms with Gasteiger partial charge < -0.3 is 5.32 Å². The van der Waals surface area contributed by atoms with Crippen molar-refractivity contribution in [3.8, 4) is 11.4 Å². The van der Waals surface area contributed by atoms with Crippen molar-refractivity contribution < 1.29 is 0 Å². The van der Waals surface area contributed by atoms with E-state index in [1.165, 1.54) is 0 Å².